The second-order valence-corrected chi connectivity index (χ2v) is 18.7. The normalized spacial score (nSPS) is 21.8. The van der Waals surface area contributed by atoms with Gasteiger partial charge in [-0.3, -0.25) is 43.5 Å². The molecule has 3 aromatic heterocycles. The topological polar surface area (TPSA) is 280 Å². The molecule has 0 bridgehead atoms. The molecule has 388 valence electrons. The van der Waals surface area contributed by atoms with Gasteiger partial charge in [-0.1, -0.05) is 38.5 Å². The van der Waals surface area contributed by atoms with Gasteiger partial charge in [-0.2, -0.15) is 0 Å². The fraction of sp³-hybridized carbons (Fsp3) is 0.688. The van der Waals surface area contributed by atoms with E-state index in [4.69, 9.17) is 33.2 Å². The third kappa shape index (κ3) is 16.7. The van der Waals surface area contributed by atoms with E-state index in [1.54, 1.807) is 14.0 Å². The molecule has 7 rings (SSSR count). The van der Waals surface area contributed by atoms with E-state index in [9.17, 15) is 43.2 Å². The summed E-state index contributed by atoms with van der Waals surface area (Å²) < 4.78 is 42.1. The number of ether oxygens (including phenoxy) is 7. The van der Waals surface area contributed by atoms with Gasteiger partial charge in [-0.05, 0) is 78.1 Å². The third-order valence-electron chi connectivity index (χ3n) is 13.3. The summed E-state index contributed by atoms with van der Waals surface area (Å²) in [7, 11) is 3.07. The van der Waals surface area contributed by atoms with E-state index in [0.29, 0.717) is 51.8 Å². The highest BCUT2D eigenvalue weighted by atomic mass is 16.6. The first kappa shape index (κ1) is 55.2. The molecule has 0 spiro atoms. The summed E-state index contributed by atoms with van der Waals surface area (Å²) in [5.41, 5.74) is -3.94. The number of aromatic nitrogens is 6. The van der Waals surface area contributed by atoms with Crippen molar-refractivity contribution in [3.63, 3.8) is 0 Å². The van der Waals surface area contributed by atoms with Crippen molar-refractivity contribution < 1.29 is 47.5 Å². The molecule has 4 fully saturated rings. The molecule has 5 heterocycles. The summed E-state index contributed by atoms with van der Waals surface area (Å²) in [4.78, 5) is 111. The fourth-order valence-corrected chi connectivity index (χ4v) is 8.78. The molecule has 5 atom stereocenters. The number of nitrogens with zero attached hydrogens (tertiary/aromatic N) is 3. The van der Waals surface area contributed by atoms with Gasteiger partial charge in [0.15, 0.2) is 5.60 Å². The van der Waals surface area contributed by atoms with Crippen molar-refractivity contribution in [3.8, 4) is 0 Å². The van der Waals surface area contributed by atoms with Gasteiger partial charge in [-0.25, -0.2) is 19.2 Å². The Labute approximate surface area is 404 Å². The molecule has 4 aliphatic rings. The Morgan fingerprint density at radius 1 is 0.643 bits per heavy atom. The van der Waals surface area contributed by atoms with Crippen LogP contribution in [0.5, 0.6) is 0 Å². The number of esters is 3. The molecule has 70 heavy (non-hydrogen) atoms. The smallest absolute Gasteiger partial charge is 0.338 e. The van der Waals surface area contributed by atoms with Gasteiger partial charge in [0.2, 0.25) is 0 Å². The van der Waals surface area contributed by atoms with E-state index in [1.165, 1.54) is 70.4 Å². The van der Waals surface area contributed by atoms with Crippen molar-refractivity contribution in [3.05, 3.63) is 99.3 Å². The first-order chi connectivity index (χ1) is 33.5. The Morgan fingerprint density at radius 2 is 1.19 bits per heavy atom. The van der Waals surface area contributed by atoms with E-state index < -0.39 is 51.5 Å². The van der Waals surface area contributed by atoms with Crippen molar-refractivity contribution in [1.29, 1.82) is 0 Å². The number of carbonyl (C=O) groups excluding carboxylic acids is 3. The van der Waals surface area contributed by atoms with Crippen molar-refractivity contribution in [2.24, 2.45) is 11.3 Å². The molecule has 22 heteroatoms. The minimum atomic E-state index is -0.867. The van der Waals surface area contributed by atoms with Gasteiger partial charge < -0.3 is 42.3 Å². The summed E-state index contributed by atoms with van der Waals surface area (Å²) in [6, 6.07) is 3.87. The van der Waals surface area contributed by atoms with Crippen LogP contribution < -0.4 is 33.7 Å². The lowest BCUT2D eigenvalue weighted by Gasteiger charge is -2.31. The number of hydrogen-bond donors (Lipinski definition) is 3. The zero-order chi connectivity index (χ0) is 50.7. The number of aryl methyl sites for hydroxylation is 2. The lowest BCUT2D eigenvalue weighted by Crippen LogP contribution is -2.38. The predicted molar refractivity (Wildman–Crippen MR) is 252 cm³/mol. The summed E-state index contributed by atoms with van der Waals surface area (Å²) in [6.07, 6.45) is 17.1. The number of rotatable bonds is 18. The zero-order valence-corrected chi connectivity index (χ0v) is 40.8. The third-order valence-corrected chi connectivity index (χ3v) is 13.3. The zero-order valence-electron chi connectivity index (χ0n) is 40.8. The van der Waals surface area contributed by atoms with E-state index in [2.05, 4.69) is 15.0 Å². The average Bonchev–Trinajstić information content (AvgIpc) is 4.02. The van der Waals surface area contributed by atoms with Crippen LogP contribution in [0, 0.1) is 11.3 Å². The van der Waals surface area contributed by atoms with Crippen molar-refractivity contribution in [2.45, 2.75) is 160 Å². The number of methoxy groups -OCH3 is 2. The van der Waals surface area contributed by atoms with Crippen LogP contribution >= 0.6 is 0 Å². The first-order valence-electron chi connectivity index (χ1n) is 24.3. The van der Waals surface area contributed by atoms with E-state index in [0.717, 1.165) is 57.8 Å². The Balaban J connectivity index is 0.000000196. The summed E-state index contributed by atoms with van der Waals surface area (Å²) in [6.45, 7) is 5.49. The first-order valence-corrected chi connectivity index (χ1v) is 24.3. The summed E-state index contributed by atoms with van der Waals surface area (Å²) in [5.74, 6) is -0.662. The van der Waals surface area contributed by atoms with Crippen molar-refractivity contribution >= 4 is 17.9 Å². The molecule has 2 saturated carbocycles. The lowest BCUT2D eigenvalue weighted by molar-refractivity contribution is -0.168. The quantitative estimate of drug-likeness (QED) is 0.122. The number of aromatic amines is 3. The fourth-order valence-electron chi connectivity index (χ4n) is 8.78. The minimum absolute atomic E-state index is 0.0167. The maximum atomic E-state index is 12.3. The van der Waals surface area contributed by atoms with E-state index >= 15 is 0 Å². The highest BCUT2D eigenvalue weighted by Crippen LogP contribution is 2.37. The average molecular weight is 987 g/mol. The maximum absolute atomic E-state index is 12.3. The molecule has 2 saturated heterocycles. The Hall–Kier alpha value is -5.71. The molecule has 5 unspecified atom stereocenters. The molecule has 3 aromatic rings. The Morgan fingerprint density at radius 3 is 1.71 bits per heavy atom. The molecule has 2 aliphatic heterocycles. The molecule has 3 N–H and O–H groups in total. The number of H-pyrrole nitrogens is 3. The standard InChI is InChI=1S/C17H24N2O5.C16H24N2O5.C15H22N2O6/c1-17(8-3-2-4-9-17)15(21)23-11-12-5-6-14(24-12)19-10-7-13(20)18-16(19)22;1-22-13(7-9-18-10-8-14(19)17-16(18)21)11-23-15(20)12-5-3-2-4-6-12;1-15(6-3-9-23-15)13(19)22-10-11(21-2)4-7-17-8-5-12(18)16-14(17)20/h7,10,12,14H,2-6,8-9,11H2,1H3,(H,18,20,22);8,10,12-13H,2-7,9,11H2,1H3,(H,17,19,21);5,8,11H,3-4,6-7,9-10H2,1-2H3,(H,16,18,20). The van der Waals surface area contributed by atoms with Gasteiger partial charge in [0.05, 0.1) is 29.6 Å². The second kappa shape index (κ2) is 27.0. The highest BCUT2D eigenvalue weighted by Gasteiger charge is 2.40. The number of nitrogens with one attached hydrogen (secondary N) is 3. The van der Waals surface area contributed by atoms with E-state index in [-0.39, 0.29) is 61.4 Å². The monoisotopic (exact) mass is 986 g/mol. The van der Waals surface area contributed by atoms with Gasteiger partial charge >= 0.3 is 35.0 Å². The molecule has 0 aromatic carbocycles. The summed E-state index contributed by atoms with van der Waals surface area (Å²) >= 11 is 0. The maximum Gasteiger partial charge on any atom is 0.338 e. The van der Waals surface area contributed by atoms with Gasteiger partial charge in [0.25, 0.3) is 16.7 Å². The minimum Gasteiger partial charge on any atom is -0.463 e. The van der Waals surface area contributed by atoms with Crippen LogP contribution in [0.25, 0.3) is 0 Å². The van der Waals surface area contributed by atoms with Crippen LogP contribution in [0.2, 0.25) is 0 Å². The van der Waals surface area contributed by atoms with Crippen LogP contribution in [0.4, 0.5) is 0 Å². The molecule has 0 amide bonds. The Bertz CT molecular complexity index is 2510. The Kier molecular flexibility index (Phi) is 21.3. The van der Waals surface area contributed by atoms with Crippen LogP contribution in [0.3, 0.4) is 0 Å². The molecular formula is C48H70N6O16. The van der Waals surface area contributed by atoms with Gasteiger partial charge in [0, 0.05) is 70.7 Å². The van der Waals surface area contributed by atoms with Crippen LogP contribution in [-0.2, 0) is 60.6 Å². The van der Waals surface area contributed by atoms with Crippen LogP contribution in [-0.4, -0.2) is 111 Å². The summed E-state index contributed by atoms with van der Waals surface area (Å²) in [5, 5.41) is 0. The van der Waals surface area contributed by atoms with E-state index in [1.807, 2.05) is 6.92 Å². The molecule has 0 radical (unpaired) electrons. The molecular weight excluding hydrogens is 917 g/mol. The molecule has 2 aliphatic carbocycles. The van der Waals surface area contributed by atoms with Gasteiger partial charge in [-0.15, -0.1) is 0 Å². The predicted octanol–water partition coefficient (Wildman–Crippen LogP) is 2.85. The largest absolute Gasteiger partial charge is 0.463 e. The second-order valence-electron chi connectivity index (χ2n) is 18.7. The van der Waals surface area contributed by atoms with Crippen molar-refractivity contribution in [2.75, 3.05) is 40.6 Å². The SMILES string of the molecule is CC1(C(=O)OCC2CCC(n3ccc(=O)[nH]c3=O)O2)CCCCC1.COC(CCn1ccc(=O)[nH]c1=O)COC(=O)C1(C)CCCO1.COC(CCn1ccc(=O)[nH]c1=O)COC(=O)C1CCCCC1. The van der Waals surface area contributed by atoms with Crippen LogP contribution in [0.1, 0.15) is 123 Å². The highest BCUT2D eigenvalue weighted by molar-refractivity contribution is 5.79. The van der Waals surface area contributed by atoms with Crippen LogP contribution in [0.15, 0.2) is 65.6 Å². The number of carbonyl (C=O) groups is 3. The molecule has 22 nitrogen and oxygen atoms in total. The van der Waals surface area contributed by atoms with Gasteiger partial charge in [0.1, 0.15) is 26.0 Å². The number of hydrogen-bond acceptors (Lipinski definition) is 16. The van der Waals surface area contributed by atoms with Crippen molar-refractivity contribution in [1.82, 2.24) is 28.7 Å². The lowest BCUT2D eigenvalue weighted by atomic mass is 9.76.